The Morgan fingerprint density at radius 1 is 0.741 bits per heavy atom. The van der Waals surface area contributed by atoms with Gasteiger partial charge in [-0.3, -0.25) is 0 Å². The Hall–Kier alpha value is -1.02. The van der Waals surface area contributed by atoms with Crippen molar-refractivity contribution < 1.29 is 28.4 Å². The summed E-state index contributed by atoms with van der Waals surface area (Å²) >= 11 is 0. The Bertz CT molecular complexity index is 497. The van der Waals surface area contributed by atoms with Gasteiger partial charge in [0, 0.05) is 26.4 Å². The summed E-state index contributed by atoms with van der Waals surface area (Å²) in [5.41, 5.74) is 1.08. The second-order valence-corrected chi connectivity index (χ2v) is 6.26. The van der Waals surface area contributed by atoms with Crippen molar-refractivity contribution in [2.45, 2.75) is 65.0 Å². The maximum atomic E-state index is 6.24. The van der Waals surface area contributed by atoms with Crippen LogP contribution in [0.5, 0.6) is 0 Å². The first-order valence-electron chi connectivity index (χ1n) is 9.98. The smallest absolute Gasteiger partial charge is 0.187 e. The Balaban J connectivity index is 2.17. The fourth-order valence-electron chi connectivity index (χ4n) is 3.28. The van der Waals surface area contributed by atoms with E-state index in [1.54, 1.807) is 0 Å². The predicted molar refractivity (Wildman–Crippen MR) is 103 cm³/mol. The zero-order valence-electron chi connectivity index (χ0n) is 17.0. The number of ether oxygens (including phenoxy) is 6. The average Bonchev–Trinajstić information content (AvgIpc) is 2.69. The lowest BCUT2D eigenvalue weighted by atomic mass is 9.98. The minimum atomic E-state index is -0.552. The zero-order chi connectivity index (χ0) is 19.5. The van der Waals surface area contributed by atoms with E-state index in [1.165, 1.54) is 0 Å². The van der Waals surface area contributed by atoms with Crippen LogP contribution in [0.15, 0.2) is 30.3 Å². The van der Waals surface area contributed by atoms with Gasteiger partial charge in [0.15, 0.2) is 6.29 Å². The Labute approximate surface area is 163 Å². The van der Waals surface area contributed by atoms with Crippen LogP contribution < -0.4 is 0 Å². The zero-order valence-corrected chi connectivity index (χ0v) is 17.0. The van der Waals surface area contributed by atoms with E-state index >= 15 is 0 Å². The van der Waals surface area contributed by atoms with Gasteiger partial charge in [-0.05, 0) is 33.3 Å². The van der Waals surface area contributed by atoms with E-state index < -0.39 is 6.29 Å². The molecule has 1 fully saturated rings. The largest absolute Gasteiger partial charge is 0.379 e. The third-order valence-electron chi connectivity index (χ3n) is 4.41. The maximum Gasteiger partial charge on any atom is 0.187 e. The van der Waals surface area contributed by atoms with Crippen molar-refractivity contribution in [3.63, 3.8) is 0 Å². The Morgan fingerprint density at radius 2 is 1.37 bits per heavy atom. The van der Waals surface area contributed by atoms with Crippen LogP contribution in [-0.2, 0) is 35.0 Å². The van der Waals surface area contributed by atoms with Crippen molar-refractivity contribution in [2.24, 2.45) is 0 Å². The van der Waals surface area contributed by atoms with E-state index in [0.717, 1.165) is 5.56 Å². The van der Waals surface area contributed by atoms with E-state index in [1.807, 2.05) is 58.0 Å². The first kappa shape index (κ1) is 22.3. The SMILES string of the molecule is CCOC[C@H]1O[C@@H](OCc2ccccc2)[C@H](OCC)[C@@H](OCC)[C@@H]1OCC. The Kier molecular flexibility index (Phi) is 10.3. The van der Waals surface area contributed by atoms with Gasteiger partial charge in [-0.15, -0.1) is 0 Å². The molecule has 27 heavy (non-hydrogen) atoms. The molecule has 0 radical (unpaired) electrons. The van der Waals surface area contributed by atoms with Crippen LogP contribution in [-0.4, -0.2) is 63.7 Å². The van der Waals surface area contributed by atoms with Gasteiger partial charge in [-0.2, -0.15) is 0 Å². The van der Waals surface area contributed by atoms with Crippen molar-refractivity contribution in [3.05, 3.63) is 35.9 Å². The molecule has 0 unspecified atom stereocenters. The highest BCUT2D eigenvalue weighted by molar-refractivity contribution is 5.13. The second kappa shape index (κ2) is 12.4. The van der Waals surface area contributed by atoms with E-state index in [4.69, 9.17) is 28.4 Å². The third kappa shape index (κ3) is 6.52. The number of hydrogen-bond acceptors (Lipinski definition) is 6. The van der Waals surface area contributed by atoms with Crippen molar-refractivity contribution in [1.29, 1.82) is 0 Å². The summed E-state index contributed by atoms with van der Waals surface area (Å²) in [5, 5.41) is 0. The van der Waals surface area contributed by atoms with Gasteiger partial charge >= 0.3 is 0 Å². The molecule has 1 heterocycles. The van der Waals surface area contributed by atoms with Gasteiger partial charge in [0.2, 0.25) is 0 Å². The van der Waals surface area contributed by atoms with E-state index in [-0.39, 0.29) is 24.4 Å². The molecular weight excluding hydrogens is 348 g/mol. The molecule has 0 amide bonds. The van der Waals surface area contributed by atoms with Crippen LogP contribution >= 0.6 is 0 Å². The molecule has 0 aromatic heterocycles. The highest BCUT2D eigenvalue weighted by Crippen LogP contribution is 2.29. The first-order chi connectivity index (χ1) is 13.2. The fourth-order valence-corrected chi connectivity index (χ4v) is 3.28. The summed E-state index contributed by atoms with van der Waals surface area (Å²) in [4.78, 5) is 0. The minimum absolute atomic E-state index is 0.269. The van der Waals surface area contributed by atoms with Crippen molar-refractivity contribution >= 4 is 0 Å². The number of rotatable bonds is 12. The predicted octanol–water partition coefficient (Wildman–Crippen LogP) is 3.18. The molecule has 0 N–H and O–H groups in total. The van der Waals surface area contributed by atoms with Crippen LogP contribution in [0.1, 0.15) is 33.3 Å². The summed E-state index contributed by atoms with van der Waals surface area (Å²) in [7, 11) is 0. The molecule has 6 heteroatoms. The first-order valence-corrected chi connectivity index (χ1v) is 9.98. The van der Waals surface area contributed by atoms with Crippen LogP contribution in [0, 0.1) is 0 Å². The molecular formula is C21H34O6. The molecule has 0 bridgehead atoms. The molecule has 154 valence electrons. The molecule has 1 aliphatic heterocycles. The maximum absolute atomic E-state index is 6.24. The molecule has 2 rings (SSSR count). The van der Waals surface area contributed by atoms with Gasteiger partial charge in [-0.25, -0.2) is 0 Å². The number of benzene rings is 1. The highest BCUT2D eigenvalue weighted by Gasteiger charge is 2.48. The monoisotopic (exact) mass is 382 g/mol. The lowest BCUT2D eigenvalue weighted by Crippen LogP contribution is -2.62. The quantitative estimate of drug-likeness (QED) is 0.553. The molecule has 1 aromatic carbocycles. The van der Waals surface area contributed by atoms with E-state index in [0.29, 0.717) is 39.6 Å². The molecule has 1 saturated heterocycles. The topological polar surface area (TPSA) is 55.4 Å². The molecule has 0 aliphatic carbocycles. The van der Waals surface area contributed by atoms with Gasteiger partial charge in [0.25, 0.3) is 0 Å². The van der Waals surface area contributed by atoms with Crippen LogP contribution in [0.3, 0.4) is 0 Å². The summed E-state index contributed by atoms with van der Waals surface area (Å²) in [6, 6.07) is 10.0. The molecule has 0 saturated carbocycles. The average molecular weight is 382 g/mol. The van der Waals surface area contributed by atoms with Gasteiger partial charge in [-0.1, -0.05) is 30.3 Å². The summed E-state index contributed by atoms with van der Waals surface area (Å²) in [6.45, 7) is 11.0. The van der Waals surface area contributed by atoms with E-state index in [9.17, 15) is 0 Å². The van der Waals surface area contributed by atoms with Crippen molar-refractivity contribution in [1.82, 2.24) is 0 Å². The van der Waals surface area contributed by atoms with E-state index in [2.05, 4.69) is 0 Å². The molecule has 5 atom stereocenters. The Morgan fingerprint density at radius 3 is 2.00 bits per heavy atom. The van der Waals surface area contributed by atoms with Crippen molar-refractivity contribution in [3.8, 4) is 0 Å². The number of hydrogen-bond donors (Lipinski definition) is 0. The lowest BCUT2D eigenvalue weighted by Gasteiger charge is -2.45. The highest BCUT2D eigenvalue weighted by atomic mass is 16.7. The van der Waals surface area contributed by atoms with Crippen molar-refractivity contribution in [2.75, 3.05) is 33.0 Å². The molecule has 1 aliphatic rings. The summed E-state index contributed by atoms with van der Waals surface area (Å²) in [6.07, 6.45) is -1.75. The molecule has 6 nitrogen and oxygen atoms in total. The van der Waals surface area contributed by atoms with Gasteiger partial charge < -0.3 is 28.4 Å². The third-order valence-corrected chi connectivity index (χ3v) is 4.41. The minimum Gasteiger partial charge on any atom is -0.379 e. The normalized spacial score (nSPS) is 28.4. The lowest BCUT2D eigenvalue weighted by molar-refractivity contribution is -0.324. The standard InChI is InChI=1S/C21H34O6/c1-5-22-15-17-18(23-6-2)19(24-7-3)20(25-8-4)21(27-17)26-14-16-12-10-9-11-13-16/h9-13,17-21H,5-8,14-15H2,1-4H3/t17-,18-,19+,20-,21-/m1/s1. The fraction of sp³-hybridized carbons (Fsp3) is 0.714. The van der Waals surface area contributed by atoms with Gasteiger partial charge in [0.05, 0.1) is 13.2 Å². The summed E-state index contributed by atoms with van der Waals surface area (Å²) in [5.74, 6) is 0. The van der Waals surface area contributed by atoms with Crippen LogP contribution in [0.2, 0.25) is 0 Å². The molecule has 0 spiro atoms. The summed E-state index contributed by atoms with van der Waals surface area (Å²) < 4.78 is 36.0. The second-order valence-electron chi connectivity index (χ2n) is 6.26. The van der Waals surface area contributed by atoms with Crippen LogP contribution in [0.4, 0.5) is 0 Å². The molecule has 1 aromatic rings. The van der Waals surface area contributed by atoms with Crippen LogP contribution in [0.25, 0.3) is 0 Å². The van der Waals surface area contributed by atoms with Gasteiger partial charge in [0.1, 0.15) is 24.4 Å².